The fourth-order valence-electron chi connectivity index (χ4n) is 1.69. The number of rotatable bonds is 6. The van der Waals surface area contributed by atoms with E-state index in [1.165, 1.54) is 13.4 Å². The van der Waals surface area contributed by atoms with E-state index in [0.29, 0.717) is 23.6 Å². The zero-order valence-corrected chi connectivity index (χ0v) is 16.7. The maximum absolute atomic E-state index is 11.3. The van der Waals surface area contributed by atoms with Gasteiger partial charge in [-0.2, -0.15) is 0 Å². The van der Waals surface area contributed by atoms with Crippen molar-refractivity contribution >= 4 is 35.3 Å². The number of hydrogen-bond donors (Lipinski definition) is 1. The molecule has 0 fully saturated rings. The Morgan fingerprint density at radius 3 is 2.65 bits per heavy atom. The molecule has 1 unspecified atom stereocenters. The highest BCUT2D eigenvalue weighted by molar-refractivity contribution is 8.17. The van der Waals surface area contributed by atoms with Crippen molar-refractivity contribution in [1.29, 1.82) is 0 Å². The third-order valence-corrected chi connectivity index (χ3v) is 3.64. The SMILES string of the molecule is C#CC1C=C(/C=C(/C=O)SC(=O)NC)C=CC1=N/C=N\CN(C)C.CC. The van der Waals surface area contributed by atoms with E-state index in [9.17, 15) is 9.59 Å². The molecule has 0 aromatic carbocycles. The number of nitrogens with zero attached hydrogens (tertiary/aromatic N) is 3. The molecule has 0 aromatic heterocycles. The Bertz CT molecular complexity index is 668. The van der Waals surface area contributed by atoms with E-state index in [-0.39, 0.29) is 11.2 Å². The summed E-state index contributed by atoms with van der Waals surface area (Å²) in [4.78, 5) is 33.0. The molecule has 0 aromatic rings. The van der Waals surface area contributed by atoms with Crippen LogP contribution in [0, 0.1) is 18.3 Å². The molecule has 0 aliphatic heterocycles. The first-order valence-corrected chi connectivity index (χ1v) is 8.95. The lowest BCUT2D eigenvalue weighted by Crippen LogP contribution is -2.13. The van der Waals surface area contributed by atoms with Gasteiger partial charge in [-0.25, -0.2) is 4.99 Å². The second-order valence-electron chi connectivity index (χ2n) is 5.02. The standard InChI is InChI=1S/C17H20N4O2S.C2H6/c1-5-14-8-13(9-15(10-22)24-17(23)18-2)6-7-16(14)20-11-19-12-21(3)4;1-2/h1,6-11,14H,12H2,2-4H3,(H,18,23);1-2H3/b15-9-,19-11-,20-16?;. The molecule has 1 aliphatic rings. The maximum atomic E-state index is 11.3. The van der Waals surface area contributed by atoms with E-state index >= 15 is 0 Å². The number of nitrogens with one attached hydrogen (secondary N) is 1. The molecule has 1 amide bonds. The molecule has 1 atom stereocenters. The van der Waals surface area contributed by atoms with Gasteiger partial charge in [0, 0.05) is 7.05 Å². The molecule has 1 N–H and O–H groups in total. The first-order chi connectivity index (χ1) is 12.5. The number of terminal acetylenes is 1. The number of allylic oxidation sites excluding steroid dienone is 6. The third-order valence-electron chi connectivity index (χ3n) is 2.80. The van der Waals surface area contributed by atoms with E-state index in [1.54, 1.807) is 18.2 Å². The largest absolute Gasteiger partial charge is 0.350 e. The smallest absolute Gasteiger partial charge is 0.283 e. The fourth-order valence-corrected chi connectivity index (χ4v) is 2.25. The lowest BCUT2D eigenvalue weighted by atomic mass is 9.94. The summed E-state index contributed by atoms with van der Waals surface area (Å²) in [7, 11) is 5.34. The molecule has 0 heterocycles. The van der Waals surface area contributed by atoms with E-state index in [4.69, 9.17) is 6.42 Å². The van der Waals surface area contributed by atoms with Crippen molar-refractivity contribution in [2.75, 3.05) is 27.8 Å². The van der Waals surface area contributed by atoms with Gasteiger partial charge in [0.2, 0.25) is 0 Å². The molecule has 1 aliphatic carbocycles. The predicted octanol–water partition coefficient (Wildman–Crippen LogP) is 2.90. The van der Waals surface area contributed by atoms with Crippen molar-refractivity contribution in [3.8, 4) is 12.3 Å². The monoisotopic (exact) mass is 374 g/mol. The Morgan fingerprint density at radius 1 is 1.42 bits per heavy atom. The second-order valence-corrected chi connectivity index (χ2v) is 6.07. The Labute approximate surface area is 160 Å². The van der Waals surface area contributed by atoms with Crippen molar-refractivity contribution < 1.29 is 9.59 Å². The molecular weight excluding hydrogens is 348 g/mol. The number of carbonyl (C=O) groups excluding carboxylic acids is 2. The van der Waals surface area contributed by atoms with Gasteiger partial charge >= 0.3 is 0 Å². The van der Waals surface area contributed by atoms with E-state index in [1.807, 2.05) is 38.9 Å². The van der Waals surface area contributed by atoms with Crippen LogP contribution in [0.15, 0.2) is 44.8 Å². The summed E-state index contributed by atoms with van der Waals surface area (Å²) >= 11 is 0.828. The van der Waals surface area contributed by atoms with Gasteiger partial charge in [0.1, 0.15) is 6.34 Å². The number of hydrogen-bond acceptors (Lipinski definition) is 5. The van der Waals surface area contributed by atoms with Gasteiger partial charge in [0.25, 0.3) is 5.24 Å². The summed E-state index contributed by atoms with van der Waals surface area (Å²) in [5.41, 5.74) is 1.45. The van der Waals surface area contributed by atoms with Crippen LogP contribution < -0.4 is 5.32 Å². The van der Waals surface area contributed by atoms with Crippen LogP contribution in [0.1, 0.15) is 13.8 Å². The van der Waals surface area contributed by atoms with Crippen molar-refractivity contribution in [1.82, 2.24) is 10.2 Å². The molecule has 0 radical (unpaired) electrons. The summed E-state index contributed by atoms with van der Waals surface area (Å²) in [5, 5.41) is 2.14. The summed E-state index contributed by atoms with van der Waals surface area (Å²) in [6, 6.07) is 0. The van der Waals surface area contributed by atoms with Gasteiger partial charge in [-0.1, -0.05) is 31.9 Å². The number of aliphatic imine (C=N–C) groups is 2. The van der Waals surface area contributed by atoms with Crippen LogP contribution >= 0.6 is 11.8 Å². The molecule has 26 heavy (non-hydrogen) atoms. The summed E-state index contributed by atoms with van der Waals surface area (Å²) in [6.45, 7) is 4.55. The zero-order valence-electron chi connectivity index (χ0n) is 15.9. The average Bonchev–Trinajstić information content (AvgIpc) is 2.66. The minimum absolute atomic E-state index is 0.300. The van der Waals surface area contributed by atoms with Gasteiger partial charge in [0.05, 0.1) is 23.2 Å². The Balaban J connectivity index is 0.00000301. The lowest BCUT2D eigenvalue weighted by Gasteiger charge is -2.12. The lowest BCUT2D eigenvalue weighted by molar-refractivity contribution is -0.104. The van der Waals surface area contributed by atoms with Gasteiger partial charge in [-0.3, -0.25) is 19.5 Å². The number of amides is 1. The minimum Gasteiger partial charge on any atom is -0.350 e. The molecule has 0 bridgehead atoms. The van der Waals surface area contributed by atoms with Crippen LogP contribution in [-0.2, 0) is 4.79 Å². The van der Waals surface area contributed by atoms with Gasteiger partial charge in [-0.05, 0) is 43.6 Å². The number of thioether (sulfide) groups is 1. The summed E-state index contributed by atoms with van der Waals surface area (Å²) < 4.78 is 0. The first kappa shape index (κ1) is 23.6. The van der Waals surface area contributed by atoms with Gasteiger partial charge in [-0.15, -0.1) is 6.42 Å². The first-order valence-electron chi connectivity index (χ1n) is 8.13. The van der Waals surface area contributed by atoms with Gasteiger partial charge in [0.15, 0.2) is 6.29 Å². The Hall–Kier alpha value is -2.43. The van der Waals surface area contributed by atoms with Crippen molar-refractivity contribution in [2.45, 2.75) is 13.8 Å². The van der Waals surface area contributed by atoms with Crippen LogP contribution in [0.5, 0.6) is 0 Å². The van der Waals surface area contributed by atoms with Crippen molar-refractivity contribution in [2.24, 2.45) is 15.9 Å². The Kier molecular flexibility index (Phi) is 12.5. The van der Waals surface area contributed by atoms with Crippen LogP contribution in [0.2, 0.25) is 0 Å². The summed E-state index contributed by atoms with van der Waals surface area (Å²) in [6.07, 6.45) is 14.7. The molecule has 0 saturated heterocycles. The molecule has 140 valence electrons. The fraction of sp³-hybridized carbons (Fsp3) is 0.368. The number of carbonyl (C=O) groups is 2. The average molecular weight is 375 g/mol. The predicted molar refractivity (Wildman–Crippen MR) is 112 cm³/mol. The van der Waals surface area contributed by atoms with Crippen LogP contribution in [0.4, 0.5) is 4.79 Å². The summed E-state index contributed by atoms with van der Waals surface area (Å²) in [5.74, 6) is 2.33. The highest BCUT2D eigenvalue weighted by Crippen LogP contribution is 2.21. The topological polar surface area (TPSA) is 74.1 Å². The van der Waals surface area contributed by atoms with Crippen molar-refractivity contribution in [3.05, 3.63) is 34.8 Å². The quantitative estimate of drug-likeness (QED) is 0.255. The highest BCUT2D eigenvalue weighted by Gasteiger charge is 2.13. The van der Waals surface area contributed by atoms with Crippen molar-refractivity contribution in [3.63, 3.8) is 0 Å². The molecule has 7 heteroatoms. The second kappa shape index (κ2) is 13.8. The molecule has 0 spiro atoms. The molecule has 1 rings (SSSR count). The zero-order chi connectivity index (χ0) is 19.9. The Morgan fingerprint density at radius 2 is 2.12 bits per heavy atom. The normalized spacial score (nSPS) is 18.2. The van der Waals surface area contributed by atoms with E-state index in [2.05, 4.69) is 21.2 Å². The van der Waals surface area contributed by atoms with E-state index in [0.717, 1.165) is 17.3 Å². The van der Waals surface area contributed by atoms with E-state index < -0.39 is 0 Å². The number of aldehydes is 1. The maximum Gasteiger partial charge on any atom is 0.283 e. The molecule has 6 nitrogen and oxygen atoms in total. The molecule has 0 saturated carbocycles. The van der Waals surface area contributed by atoms with Gasteiger partial charge < -0.3 is 5.32 Å². The third kappa shape index (κ3) is 9.16. The van der Waals surface area contributed by atoms with Crippen LogP contribution in [0.25, 0.3) is 0 Å². The highest BCUT2D eigenvalue weighted by atomic mass is 32.2. The van der Waals surface area contributed by atoms with Crippen LogP contribution in [-0.4, -0.2) is 56.3 Å². The molecular formula is C19H26N4O2S. The van der Waals surface area contributed by atoms with Crippen LogP contribution in [0.3, 0.4) is 0 Å². The minimum atomic E-state index is -0.315.